The van der Waals surface area contributed by atoms with E-state index in [4.69, 9.17) is 0 Å². The SMILES string of the molecule is CN(C)C1(CNC(=O)C(F)F)CCCC1. The highest BCUT2D eigenvalue weighted by Gasteiger charge is 2.36. The molecular formula is C10H18F2N2O. The van der Waals surface area contributed by atoms with Gasteiger partial charge in [-0.1, -0.05) is 12.8 Å². The van der Waals surface area contributed by atoms with E-state index in [1.54, 1.807) is 0 Å². The zero-order chi connectivity index (χ0) is 11.5. The molecule has 0 spiro atoms. The van der Waals surface area contributed by atoms with Crippen LogP contribution in [0.4, 0.5) is 8.78 Å². The molecule has 1 N–H and O–H groups in total. The molecule has 1 aliphatic rings. The Morgan fingerprint density at radius 1 is 1.40 bits per heavy atom. The van der Waals surface area contributed by atoms with Crippen molar-refractivity contribution in [3.8, 4) is 0 Å². The molecular weight excluding hydrogens is 202 g/mol. The van der Waals surface area contributed by atoms with Crippen LogP contribution in [0.1, 0.15) is 25.7 Å². The largest absolute Gasteiger partial charge is 0.349 e. The van der Waals surface area contributed by atoms with Crippen LogP contribution in [0.25, 0.3) is 0 Å². The molecule has 0 saturated heterocycles. The highest BCUT2D eigenvalue weighted by molar-refractivity contribution is 5.79. The second kappa shape index (κ2) is 4.88. The van der Waals surface area contributed by atoms with E-state index < -0.39 is 12.3 Å². The lowest BCUT2D eigenvalue weighted by molar-refractivity contribution is -0.132. The van der Waals surface area contributed by atoms with Crippen molar-refractivity contribution >= 4 is 5.91 Å². The summed E-state index contributed by atoms with van der Waals surface area (Å²) in [5.41, 5.74) is -0.120. The van der Waals surface area contributed by atoms with Crippen molar-refractivity contribution < 1.29 is 13.6 Å². The third-order valence-electron chi connectivity index (χ3n) is 3.27. The van der Waals surface area contributed by atoms with E-state index in [0.29, 0.717) is 6.54 Å². The Balaban J connectivity index is 2.50. The first kappa shape index (κ1) is 12.4. The van der Waals surface area contributed by atoms with Crippen LogP contribution in [0, 0.1) is 0 Å². The number of carbonyl (C=O) groups excluding carboxylic acids is 1. The van der Waals surface area contributed by atoms with Crippen molar-refractivity contribution in [2.45, 2.75) is 37.6 Å². The van der Waals surface area contributed by atoms with E-state index in [1.165, 1.54) is 0 Å². The Labute approximate surface area is 88.8 Å². The fourth-order valence-corrected chi connectivity index (χ4v) is 2.14. The predicted octanol–water partition coefficient (Wildman–Crippen LogP) is 1.24. The van der Waals surface area contributed by atoms with Crippen molar-refractivity contribution in [2.24, 2.45) is 0 Å². The van der Waals surface area contributed by atoms with Gasteiger partial charge in [0.05, 0.1) is 0 Å². The van der Waals surface area contributed by atoms with Gasteiger partial charge in [-0.25, -0.2) is 0 Å². The summed E-state index contributed by atoms with van der Waals surface area (Å²) in [6.07, 6.45) is 1.21. The summed E-state index contributed by atoms with van der Waals surface area (Å²) in [7, 11) is 3.86. The molecule has 0 unspecified atom stereocenters. The first-order valence-corrected chi connectivity index (χ1v) is 5.21. The average molecular weight is 220 g/mol. The van der Waals surface area contributed by atoms with Crippen molar-refractivity contribution in [3.63, 3.8) is 0 Å². The molecule has 1 saturated carbocycles. The maximum absolute atomic E-state index is 12.0. The van der Waals surface area contributed by atoms with Gasteiger partial charge in [-0.3, -0.25) is 4.79 Å². The highest BCUT2D eigenvalue weighted by atomic mass is 19.3. The maximum atomic E-state index is 12.0. The van der Waals surface area contributed by atoms with Gasteiger partial charge >= 0.3 is 6.43 Å². The molecule has 0 aromatic heterocycles. The topological polar surface area (TPSA) is 32.3 Å². The molecule has 0 atom stereocenters. The van der Waals surface area contributed by atoms with Gasteiger partial charge < -0.3 is 10.2 Å². The molecule has 0 aromatic carbocycles. The van der Waals surface area contributed by atoms with E-state index in [1.807, 2.05) is 19.0 Å². The first-order valence-electron chi connectivity index (χ1n) is 5.21. The molecule has 15 heavy (non-hydrogen) atoms. The van der Waals surface area contributed by atoms with Gasteiger partial charge in [0.15, 0.2) is 0 Å². The summed E-state index contributed by atoms with van der Waals surface area (Å²) in [5, 5.41) is 2.32. The van der Waals surface area contributed by atoms with Crippen LogP contribution in [0.2, 0.25) is 0 Å². The summed E-state index contributed by atoms with van der Waals surface area (Å²) in [6, 6.07) is 0. The number of amides is 1. The Kier molecular flexibility index (Phi) is 4.02. The van der Waals surface area contributed by atoms with Crippen molar-refractivity contribution in [3.05, 3.63) is 0 Å². The Morgan fingerprint density at radius 2 is 1.93 bits per heavy atom. The molecule has 1 aliphatic carbocycles. The fourth-order valence-electron chi connectivity index (χ4n) is 2.14. The molecule has 0 aliphatic heterocycles. The van der Waals surface area contributed by atoms with E-state index in [-0.39, 0.29) is 5.54 Å². The van der Waals surface area contributed by atoms with Crippen molar-refractivity contribution in [1.29, 1.82) is 0 Å². The number of likely N-dealkylation sites (N-methyl/N-ethyl adjacent to an activating group) is 1. The summed E-state index contributed by atoms with van der Waals surface area (Å²) < 4.78 is 24.0. The number of alkyl halides is 2. The summed E-state index contributed by atoms with van der Waals surface area (Å²) in [6.45, 7) is 0.323. The lowest BCUT2D eigenvalue weighted by Gasteiger charge is -2.36. The minimum absolute atomic E-state index is 0.120. The maximum Gasteiger partial charge on any atom is 0.315 e. The molecule has 88 valence electrons. The molecule has 1 fully saturated rings. The molecule has 1 amide bonds. The normalized spacial score (nSPS) is 19.9. The molecule has 0 aromatic rings. The van der Waals surface area contributed by atoms with Crippen LogP contribution in [0.3, 0.4) is 0 Å². The number of carbonyl (C=O) groups is 1. The Hall–Kier alpha value is -0.710. The van der Waals surface area contributed by atoms with Crippen LogP contribution >= 0.6 is 0 Å². The zero-order valence-corrected chi connectivity index (χ0v) is 9.22. The van der Waals surface area contributed by atoms with Gasteiger partial charge in [0, 0.05) is 12.1 Å². The van der Waals surface area contributed by atoms with Gasteiger partial charge in [0.1, 0.15) is 0 Å². The van der Waals surface area contributed by atoms with Crippen LogP contribution in [0.5, 0.6) is 0 Å². The second-order valence-electron chi connectivity index (χ2n) is 4.34. The van der Waals surface area contributed by atoms with E-state index in [0.717, 1.165) is 25.7 Å². The van der Waals surface area contributed by atoms with Crippen LogP contribution in [-0.4, -0.2) is 43.4 Å². The summed E-state index contributed by atoms with van der Waals surface area (Å²) in [5.74, 6) is -1.16. The minimum atomic E-state index is -2.91. The lowest BCUT2D eigenvalue weighted by Crippen LogP contribution is -2.51. The number of nitrogens with zero attached hydrogens (tertiary/aromatic N) is 1. The van der Waals surface area contributed by atoms with E-state index in [2.05, 4.69) is 5.32 Å². The smallest absolute Gasteiger partial charge is 0.315 e. The lowest BCUT2D eigenvalue weighted by atomic mass is 9.96. The molecule has 5 heteroatoms. The van der Waals surface area contributed by atoms with Gasteiger partial charge in [-0.15, -0.1) is 0 Å². The van der Waals surface area contributed by atoms with Crippen LogP contribution in [0.15, 0.2) is 0 Å². The van der Waals surface area contributed by atoms with Gasteiger partial charge in [-0.2, -0.15) is 8.78 Å². The molecule has 0 radical (unpaired) electrons. The van der Waals surface area contributed by atoms with Crippen LogP contribution < -0.4 is 5.32 Å². The molecule has 0 heterocycles. The molecule has 0 bridgehead atoms. The first-order chi connectivity index (χ1) is 6.98. The Morgan fingerprint density at radius 3 is 2.33 bits per heavy atom. The second-order valence-corrected chi connectivity index (χ2v) is 4.34. The number of hydrogen-bond acceptors (Lipinski definition) is 2. The highest BCUT2D eigenvalue weighted by Crippen LogP contribution is 2.33. The Bertz CT molecular complexity index is 225. The van der Waals surface area contributed by atoms with Gasteiger partial charge in [0.2, 0.25) is 0 Å². The number of nitrogens with one attached hydrogen (secondary N) is 1. The quantitative estimate of drug-likeness (QED) is 0.773. The number of halogens is 2. The van der Waals surface area contributed by atoms with Crippen molar-refractivity contribution in [1.82, 2.24) is 10.2 Å². The zero-order valence-electron chi connectivity index (χ0n) is 9.22. The monoisotopic (exact) mass is 220 g/mol. The molecule has 3 nitrogen and oxygen atoms in total. The van der Waals surface area contributed by atoms with Gasteiger partial charge in [-0.05, 0) is 26.9 Å². The fraction of sp³-hybridized carbons (Fsp3) is 0.900. The predicted molar refractivity (Wildman–Crippen MR) is 53.9 cm³/mol. The summed E-state index contributed by atoms with van der Waals surface area (Å²) in [4.78, 5) is 12.8. The number of rotatable bonds is 4. The van der Waals surface area contributed by atoms with Gasteiger partial charge in [0.25, 0.3) is 5.91 Å². The summed E-state index contributed by atoms with van der Waals surface area (Å²) >= 11 is 0. The minimum Gasteiger partial charge on any atom is -0.349 e. The van der Waals surface area contributed by atoms with E-state index >= 15 is 0 Å². The third-order valence-corrected chi connectivity index (χ3v) is 3.27. The van der Waals surface area contributed by atoms with Crippen LogP contribution in [-0.2, 0) is 4.79 Å². The average Bonchev–Trinajstić information content (AvgIpc) is 2.63. The third kappa shape index (κ3) is 2.87. The van der Waals surface area contributed by atoms with Crippen molar-refractivity contribution in [2.75, 3.05) is 20.6 Å². The van der Waals surface area contributed by atoms with E-state index in [9.17, 15) is 13.6 Å². The standard InChI is InChI=1S/C10H18F2N2O/c1-14(2)10(5-3-4-6-10)7-13-9(15)8(11)12/h8H,3-7H2,1-2H3,(H,13,15). The number of hydrogen-bond donors (Lipinski definition) is 1. The molecule has 1 rings (SSSR count).